The van der Waals surface area contributed by atoms with Gasteiger partial charge in [0.05, 0.1) is 6.04 Å². The molecule has 3 aliphatic rings. The molecular formula is C83H72N2. The summed E-state index contributed by atoms with van der Waals surface area (Å²) in [6.07, 6.45) is 10.5. The maximum Gasteiger partial charge on any atom is 0.0566 e. The van der Waals surface area contributed by atoms with Crippen LogP contribution in [0.3, 0.4) is 0 Å². The molecule has 0 spiro atoms. The molecule has 414 valence electrons. The Kier molecular flexibility index (Phi) is 12.3. The van der Waals surface area contributed by atoms with Gasteiger partial charge in [-0.25, -0.2) is 0 Å². The molecule has 0 aromatic heterocycles. The van der Waals surface area contributed by atoms with Crippen molar-refractivity contribution in [3.63, 3.8) is 0 Å². The fourth-order valence-electron chi connectivity index (χ4n) is 14.5. The molecule has 0 N–H and O–H groups in total. The molecule has 2 nitrogen and oxygen atoms in total. The van der Waals surface area contributed by atoms with E-state index in [1.807, 2.05) is 0 Å². The lowest BCUT2D eigenvalue weighted by Gasteiger charge is -2.34. The quantitative estimate of drug-likeness (QED) is 0.150. The van der Waals surface area contributed by atoms with E-state index in [-0.39, 0.29) is 22.3 Å². The van der Waals surface area contributed by atoms with Crippen LogP contribution in [0, 0.1) is 0 Å². The number of rotatable bonds is 8. The second-order valence-corrected chi connectivity index (χ2v) is 26.8. The summed E-state index contributed by atoms with van der Waals surface area (Å²) in [6, 6.07) is 87.6. The normalized spacial score (nSPS) is 15.6. The van der Waals surface area contributed by atoms with Crippen molar-refractivity contribution >= 4 is 94.3 Å². The largest absolute Gasteiger partial charge is 0.334 e. The minimum absolute atomic E-state index is 0.00930. The number of benzene rings is 12. The molecule has 0 radical (unpaired) electrons. The first-order valence-corrected chi connectivity index (χ1v) is 30.7. The third-order valence-electron chi connectivity index (χ3n) is 19.1. The average Bonchev–Trinajstić information content (AvgIpc) is 1.82. The molecule has 3 aliphatic carbocycles. The number of fused-ring (bicyclic) bond motifs is 8. The van der Waals surface area contributed by atoms with Crippen LogP contribution >= 0.6 is 0 Å². The fraction of sp³-hybridized carbons (Fsp3) is 0.181. The van der Waals surface area contributed by atoms with E-state index in [1.165, 1.54) is 148 Å². The van der Waals surface area contributed by atoms with E-state index < -0.39 is 0 Å². The maximum absolute atomic E-state index is 2.64. The molecule has 1 atom stereocenters. The smallest absolute Gasteiger partial charge is 0.0566 e. The van der Waals surface area contributed by atoms with E-state index in [9.17, 15) is 0 Å². The first-order chi connectivity index (χ1) is 41.1. The van der Waals surface area contributed by atoms with Gasteiger partial charge in [0.1, 0.15) is 0 Å². The second-order valence-electron chi connectivity index (χ2n) is 26.8. The number of hydrogen-bond acceptors (Lipinski definition) is 2. The van der Waals surface area contributed by atoms with Crippen molar-refractivity contribution in [1.82, 2.24) is 0 Å². The number of hydrogen-bond donors (Lipinski definition) is 0. The molecule has 0 saturated heterocycles. The highest BCUT2D eigenvalue weighted by atomic mass is 15.2. The van der Waals surface area contributed by atoms with Gasteiger partial charge in [-0.05, 0) is 229 Å². The molecule has 15 rings (SSSR count). The van der Waals surface area contributed by atoms with Gasteiger partial charge in [0.2, 0.25) is 0 Å². The van der Waals surface area contributed by atoms with Gasteiger partial charge in [-0.2, -0.15) is 0 Å². The minimum atomic E-state index is -0.279. The van der Waals surface area contributed by atoms with E-state index >= 15 is 0 Å². The van der Waals surface area contributed by atoms with Crippen molar-refractivity contribution < 1.29 is 0 Å². The Morgan fingerprint density at radius 3 is 1.40 bits per heavy atom. The minimum Gasteiger partial charge on any atom is -0.334 e. The third-order valence-corrected chi connectivity index (χ3v) is 19.1. The SMILES string of the molecule is CC(C)(C)c1ccc(N(C2=CC3=C(CC2)c2cc4c(-c5ccc6ccccc6c5)c5c(c(-c6ccc7ccccc7c6)c4cc2C3(C)C)=CCC(N(c2ccc(C(C)(C)C)cc2)c2ccc3ccccc3c2)C=5)c2ccc3ccccc3c2)cc1. The lowest BCUT2D eigenvalue weighted by molar-refractivity contribution is 0.590. The van der Waals surface area contributed by atoms with Crippen LogP contribution in [0.4, 0.5) is 22.7 Å². The highest BCUT2D eigenvalue weighted by Crippen LogP contribution is 2.54. The van der Waals surface area contributed by atoms with Gasteiger partial charge in [0.15, 0.2) is 0 Å². The standard InChI is InChI=1S/C83H72N2/c1-81(2,3)63-31-37-65(38-32-63)84(67-35-29-55-19-11-15-23-59(55)47-67)69-42-44-72-74(49-69)80(62-28-26-54-18-10-14-22-58(54)46-62)75-51-73-71-43-41-70(85(66-39-33-64(34-40-66)82(4,5)6)68-36-30-56-20-12-16-24-60(56)48-68)50-77(71)83(7,8)78(73)52-76(75)79(72)61-27-25-53-17-9-13-21-57(53)45-61/h9-40,44-52,69H,41-43H2,1-8H3. The second kappa shape index (κ2) is 20.0. The van der Waals surface area contributed by atoms with Gasteiger partial charge in [0.25, 0.3) is 0 Å². The van der Waals surface area contributed by atoms with Crippen molar-refractivity contribution in [3.05, 3.63) is 281 Å². The molecule has 0 amide bonds. The summed E-state index contributed by atoms with van der Waals surface area (Å²) in [5.74, 6) is 0. The van der Waals surface area contributed by atoms with Gasteiger partial charge in [-0.15, -0.1) is 0 Å². The topological polar surface area (TPSA) is 6.48 Å². The van der Waals surface area contributed by atoms with E-state index in [1.54, 1.807) is 0 Å². The third kappa shape index (κ3) is 9.08. The summed E-state index contributed by atoms with van der Waals surface area (Å²) < 4.78 is 0. The summed E-state index contributed by atoms with van der Waals surface area (Å²) in [5, 5.41) is 15.2. The van der Waals surface area contributed by atoms with Crippen molar-refractivity contribution in [2.24, 2.45) is 0 Å². The van der Waals surface area contributed by atoms with Crippen LogP contribution in [0.1, 0.15) is 96.9 Å². The van der Waals surface area contributed by atoms with Crippen molar-refractivity contribution in [1.29, 1.82) is 0 Å². The zero-order valence-corrected chi connectivity index (χ0v) is 50.3. The molecule has 12 aromatic carbocycles. The van der Waals surface area contributed by atoms with E-state index in [0.717, 1.165) is 19.3 Å². The highest BCUT2D eigenvalue weighted by molar-refractivity contribution is 6.10. The van der Waals surface area contributed by atoms with Crippen LogP contribution < -0.4 is 20.2 Å². The molecular weight excluding hydrogens is 1020 g/mol. The molecule has 1 unspecified atom stereocenters. The summed E-state index contributed by atoms with van der Waals surface area (Å²) in [5.41, 5.74) is 19.3. The van der Waals surface area contributed by atoms with Crippen LogP contribution in [0.25, 0.3) is 93.8 Å². The van der Waals surface area contributed by atoms with Gasteiger partial charge in [-0.3, -0.25) is 0 Å². The Labute approximate surface area is 501 Å². The van der Waals surface area contributed by atoms with Crippen molar-refractivity contribution in [2.45, 2.75) is 96.9 Å². The first kappa shape index (κ1) is 52.6. The van der Waals surface area contributed by atoms with Gasteiger partial charge < -0.3 is 9.80 Å². The van der Waals surface area contributed by atoms with Crippen LogP contribution in [0.5, 0.6) is 0 Å². The number of allylic oxidation sites excluding steroid dienone is 4. The maximum atomic E-state index is 2.64. The molecule has 0 saturated carbocycles. The summed E-state index contributed by atoms with van der Waals surface area (Å²) in [4.78, 5) is 5.15. The molecule has 0 aliphatic heterocycles. The van der Waals surface area contributed by atoms with E-state index in [0.29, 0.717) is 0 Å². The van der Waals surface area contributed by atoms with Crippen molar-refractivity contribution in [3.8, 4) is 22.3 Å². The molecule has 0 heterocycles. The summed E-state index contributed by atoms with van der Waals surface area (Å²) >= 11 is 0. The average molecular weight is 1100 g/mol. The van der Waals surface area contributed by atoms with Gasteiger partial charge >= 0.3 is 0 Å². The van der Waals surface area contributed by atoms with Crippen LogP contribution in [-0.2, 0) is 16.2 Å². The Bertz CT molecular complexity index is 4900. The molecule has 0 bridgehead atoms. The number of anilines is 4. The van der Waals surface area contributed by atoms with Crippen LogP contribution in [0.15, 0.2) is 248 Å². The molecule has 0 fully saturated rings. The predicted octanol–water partition coefficient (Wildman–Crippen LogP) is 21.1. The van der Waals surface area contributed by atoms with Gasteiger partial charge in [-0.1, -0.05) is 225 Å². The highest BCUT2D eigenvalue weighted by Gasteiger charge is 2.40. The Morgan fingerprint density at radius 1 is 0.412 bits per heavy atom. The monoisotopic (exact) mass is 1100 g/mol. The summed E-state index contributed by atoms with van der Waals surface area (Å²) in [7, 11) is 0. The van der Waals surface area contributed by atoms with Crippen LogP contribution in [0.2, 0.25) is 0 Å². The van der Waals surface area contributed by atoms with Crippen molar-refractivity contribution in [2.75, 3.05) is 9.80 Å². The Hall–Kier alpha value is -9.24. The zero-order valence-electron chi connectivity index (χ0n) is 50.3. The Balaban J connectivity index is 0.987. The molecule has 2 heteroatoms. The molecule has 85 heavy (non-hydrogen) atoms. The lowest BCUT2D eigenvalue weighted by Crippen LogP contribution is -2.40. The van der Waals surface area contributed by atoms with E-state index in [4.69, 9.17) is 0 Å². The molecule has 12 aromatic rings. The first-order valence-electron chi connectivity index (χ1n) is 30.7. The summed E-state index contributed by atoms with van der Waals surface area (Å²) in [6.45, 7) is 18.8. The van der Waals surface area contributed by atoms with Crippen LogP contribution in [-0.4, -0.2) is 6.04 Å². The number of nitrogens with zero attached hydrogens (tertiary/aromatic N) is 2. The lowest BCUT2D eigenvalue weighted by atomic mass is 9.77. The zero-order chi connectivity index (χ0) is 57.9. The van der Waals surface area contributed by atoms with E-state index in [2.05, 4.69) is 314 Å². The predicted molar refractivity (Wildman–Crippen MR) is 366 cm³/mol. The fourth-order valence-corrected chi connectivity index (χ4v) is 14.5. The Morgan fingerprint density at radius 2 is 0.859 bits per heavy atom. The van der Waals surface area contributed by atoms with Gasteiger partial charge in [0, 0.05) is 33.9 Å².